The van der Waals surface area contributed by atoms with Gasteiger partial charge in [-0.3, -0.25) is 0 Å². The number of imidazole rings is 1. The van der Waals surface area contributed by atoms with E-state index < -0.39 is 0 Å². The highest BCUT2D eigenvalue weighted by atomic mass is 16.5. The van der Waals surface area contributed by atoms with Crippen LogP contribution in [0.15, 0.2) is 18.7 Å². The highest BCUT2D eigenvalue weighted by Gasteiger charge is 1.89. The summed E-state index contributed by atoms with van der Waals surface area (Å²) in [4.78, 5) is 3.95. The van der Waals surface area contributed by atoms with Crippen molar-refractivity contribution in [3.05, 3.63) is 18.7 Å². The fraction of sp³-hybridized carbons (Fsp3) is 0.625. The van der Waals surface area contributed by atoms with Gasteiger partial charge in [0.15, 0.2) is 0 Å². The monoisotopic (exact) mass is 154 g/mol. The van der Waals surface area contributed by atoms with Crippen molar-refractivity contribution in [2.45, 2.75) is 19.4 Å². The van der Waals surface area contributed by atoms with Gasteiger partial charge in [0.25, 0.3) is 0 Å². The van der Waals surface area contributed by atoms with Crippen LogP contribution in [0.2, 0.25) is 0 Å². The van der Waals surface area contributed by atoms with Crippen molar-refractivity contribution in [3.63, 3.8) is 0 Å². The van der Waals surface area contributed by atoms with Gasteiger partial charge in [-0.25, -0.2) is 4.98 Å². The van der Waals surface area contributed by atoms with Crippen molar-refractivity contribution in [3.8, 4) is 0 Å². The number of aromatic nitrogens is 2. The summed E-state index contributed by atoms with van der Waals surface area (Å²) in [5.41, 5.74) is 0. The van der Waals surface area contributed by atoms with Gasteiger partial charge in [-0.1, -0.05) is 0 Å². The minimum absolute atomic E-state index is 0.856. The topological polar surface area (TPSA) is 27.1 Å². The Morgan fingerprint density at radius 1 is 1.45 bits per heavy atom. The zero-order valence-corrected chi connectivity index (χ0v) is 6.86. The van der Waals surface area contributed by atoms with Gasteiger partial charge in [-0.15, -0.1) is 0 Å². The first kappa shape index (κ1) is 8.27. The molecule has 0 saturated carbocycles. The lowest BCUT2D eigenvalue weighted by atomic mass is 10.3. The number of nitrogens with zero attached hydrogens (tertiary/aromatic N) is 2. The van der Waals surface area contributed by atoms with Crippen LogP contribution in [-0.4, -0.2) is 23.3 Å². The summed E-state index contributed by atoms with van der Waals surface area (Å²) in [6, 6.07) is 0. The summed E-state index contributed by atoms with van der Waals surface area (Å²) in [5.74, 6) is 0. The van der Waals surface area contributed by atoms with Gasteiger partial charge in [-0.2, -0.15) is 0 Å². The SMILES string of the molecule is COCCCCn1ccnc1. The second kappa shape index (κ2) is 4.91. The molecule has 3 heteroatoms. The Hall–Kier alpha value is -0.830. The average Bonchev–Trinajstić information content (AvgIpc) is 2.50. The van der Waals surface area contributed by atoms with E-state index in [1.165, 1.54) is 0 Å². The fourth-order valence-electron chi connectivity index (χ4n) is 0.960. The number of aryl methyl sites for hydroxylation is 1. The van der Waals surface area contributed by atoms with Crippen molar-refractivity contribution in [2.75, 3.05) is 13.7 Å². The summed E-state index contributed by atoms with van der Waals surface area (Å²) >= 11 is 0. The predicted octanol–water partition coefficient (Wildman–Crippen LogP) is 1.31. The molecule has 0 amide bonds. The molecule has 62 valence electrons. The molecular weight excluding hydrogens is 140 g/mol. The third-order valence-electron chi connectivity index (χ3n) is 1.57. The highest BCUT2D eigenvalue weighted by Crippen LogP contribution is 1.94. The molecule has 11 heavy (non-hydrogen) atoms. The van der Waals surface area contributed by atoms with Gasteiger partial charge in [0.05, 0.1) is 6.33 Å². The standard InChI is InChI=1S/C8H14N2O/c1-11-7-3-2-5-10-6-4-9-8-10/h4,6,8H,2-3,5,7H2,1H3. The lowest BCUT2D eigenvalue weighted by molar-refractivity contribution is 0.191. The molecule has 0 radical (unpaired) electrons. The third kappa shape index (κ3) is 3.18. The zero-order chi connectivity index (χ0) is 7.94. The maximum atomic E-state index is 4.94. The minimum Gasteiger partial charge on any atom is -0.385 e. The van der Waals surface area contributed by atoms with Crippen LogP contribution in [0, 0.1) is 0 Å². The Morgan fingerprint density at radius 3 is 3.00 bits per heavy atom. The molecule has 0 aromatic carbocycles. The molecule has 0 aliphatic rings. The number of methoxy groups -OCH3 is 1. The lowest BCUT2D eigenvalue weighted by Crippen LogP contribution is -1.96. The second-order valence-corrected chi connectivity index (χ2v) is 2.50. The maximum Gasteiger partial charge on any atom is 0.0945 e. The predicted molar refractivity (Wildman–Crippen MR) is 43.3 cm³/mol. The second-order valence-electron chi connectivity index (χ2n) is 2.50. The highest BCUT2D eigenvalue weighted by molar-refractivity contribution is 4.73. The first-order chi connectivity index (χ1) is 5.43. The van der Waals surface area contributed by atoms with Gasteiger partial charge in [-0.05, 0) is 12.8 Å². The molecule has 0 N–H and O–H groups in total. The Morgan fingerprint density at radius 2 is 2.36 bits per heavy atom. The van der Waals surface area contributed by atoms with Crippen LogP contribution >= 0.6 is 0 Å². The Labute approximate surface area is 67.0 Å². The molecule has 0 fully saturated rings. The molecule has 0 atom stereocenters. The van der Waals surface area contributed by atoms with Crippen molar-refractivity contribution in [1.29, 1.82) is 0 Å². The number of hydrogen-bond donors (Lipinski definition) is 0. The molecule has 0 unspecified atom stereocenters. The van der Waals surface area contributed by atoms with Crippen LogP contribution in [0.4, 0.5) is 0 Å². The molecule has 0 spiro atoms. The van der Waals surface area contributed by atoms with E-state index in [2.05, 4.69) is 9.55 Å². The fourth-order valence-corrected chi connectivity index (χ4v) is 0.960. The first-order valence-corrected chi connectivity index (χ1v) is 3.88. The summed E-state index contributed by atoms with van der Waals surface area (Å²) in [6.45, 7) is 1.90. The molecule has 3 nitrogen and oxygen atoms in total. The van der Waals surface area contributed by atoms with E-state index in [4.69, 9.17) is 4.74 Å². The Kier molecular flexibility index (Phi) is 3.69. The van der Waals surface area contributed by atoms with E-state index in [1.54, 1.807) is 13.3 Å². The first-order valence-electron chi connectivity index (χ1n) is 3.88. The average molecular weight is 154 g/mol. The molecule has 0 aliphatic heterocycles. The third-order valence-corrected chi connectivity index (χ3v) is 1.57. The van der Waals surface area contributed by atoms with Crippen molar-refractivity contribution < 1.29 is 4.74 Å². The van der Waals surface area contributed by atoms with Crippen LogP contribution in [0.5, 0.6) is 0 Å². The molecule has 0 bridgehead atoms. The van der Waals surface area contributed by atoms with E-state index >= 15 is 0 Å². The van der Waals surface area contributed by atoms with E-state index in [1.807, 2.05) is 12.5 Å². The lowest BCUT2D eigenvalue weighted by Gasteiger charge is -2.00. The normalized spacial score (nSPS) is 10.3. The smallest absolute Gasteiger partial charge is 0.0945 e. The van der Waals surface area contributed by atoms with E-state index in [0.717, 1.165) is 26.0 Å². The van der Waals surface area contributed by atoms with E-state index in [-0.39, 0.29) is 0 Å². The van der Waals surface area contributed by atoms with Crippen molar-refractivity contribution in [2.24, 2.45) is 0 Å². The van der Waals surface area contributed by atoms with E-state index in [9.17, 15) is 0 Å². The van der Waals surface area contributed by atoms with Gasteiger partial charge >= 0.3 is 0 Å². The van der Waals surface area contributed by atoms with Crippen LogP contribution in [0.1, 0.15) is 12.8 Å². The summed E-state index contributed by atoms with van der Waals surface area (Å²) < 4.78 is 7.02. The zero-order valence-electron chi connectivity index (χ0n) is 6.86. The Bertz CT molecular complexity index is 172. The van der Waals surface area contributed by atoms with Crippen LogP contribution in [0.3, 0.4) is 0 Å². The van der Waals surface area contributed by atoms with Gasteiger partial charge in [0.1, 0.15) is 0 Å². The molecule has 1 aromatic rings. The van der Waals surface area contributed by atoms with Crippen LogP contribution in [-0.2, 0) is 11.3 Å². The molecule has 1 heterocycles. The quantitative estimate of drug-likeness (QED) is 0.598. The van der Waals surface area contributed by atoms with Gasteiger partial charge in [0.2, 0.25) is 0 Å². The molecule has 1 aromatic heterocycles. The number of hydrogen-bond acceptors (Lipinski definition) is 2. The largest absolute Gasteiger partial charge is 0.385 e. The van der Waals surface area contributed by atoms with Crippen LogP contribution in [0.25, 0.3) is 0 Å². The number of unbranched alkanes of at least 4 members (excludes halogenated alkanes) is 1. The summed E-state index contributed by atoms with van der Waals surface area (Å²) in [5, 5.41) is 0. The maximum absolute atomic E-state index is 4.94. The Balaban J connectivity index is 2.04. The molecule has 0 aliphatic carbocycles. The van der Waals surface area contributed by atoms with Gasteiger partial charge < -0.3 is 9.30 Å². The van der Waals surface area contributed by atoms with Crippen molar-refractivity contribution in [1.82, 2.24) is 9.55 Å². The molecular formula is C8H14N2O. The number of ether oxygens (including phenoxy) is 1. The van der Waals surface area contributed by atoms with Crippen molar-refractivity contribution >= 4 is 0 Å². The minimum atomic E-state index is 0.856. The number of rotatable bonds is 5. The molecule has 0 saturated heterocycles. The van der Waals surface area contributed by atoms with E-state index in [0.29, 0.717) is 0 Å². The van der Waals surface area contributed by atoms with Crippen LogP contribution < -0.4 is 0 Å². The van der Waals surface area contributed by atoms with Gasteiger partial charge in [0, 0.05) is 32.7 Å². The molecule has 1 rings (SSSR count). The summed E-state index contributed by atoms with van der Waals surface area (Å²) in [7, 11) is 1.73. The summed E-state index contributed by atoms with van der Waals surface area (Å²) in [6.07, 6.45) is 7.90.